The minimum absolute atomic E-state index is 0.0331. The van der Waals surface area contributed by atoms with Gasteiger partial charge in [-0.3, -0.25) is 14.6 Å². The molecule has 1 aromatic heterocycles. The Balaban J connectivity index is 1.84. The number of hydrogen-bond donors (Lipinski definition) is 2. The van der Waals surface area contributed by atoms with Crippen molar-refractivity contribution in [3.05, 3.63) is 53.9 Å². The van der Waals surface area contributed by atoms with E-state index in [4.69, 9.17) is 0 Å². The summed E-state index contributed by atoms with van der Waals surface area (Å²) in [5.74, 6) is -1.50. The van der Waals surface area contributed by atoms with Crippen LogP contribution in [0.4, 0.5) is 5.69 Å². The van der Waals surface area contributed by atoms with Gasteiger partial charge in [0.05, 0.1) is 28.4 Å². The number of hydrogen-bond acceptors (Lipinski definition) is 5. The number of carbonyl (C=O) groups excluding carboxylic acids is 2. The minimum atomic E-state index is -3.80. The number of nitrogens with zero attached hydrogens (tertiary/aromatic N) is 1. The molecule has 0 fully saturated rings. The smallest absolute Gasteiger partial charge is 0.296 e. The lowest BCUT2D eigenvalue weighted by Gasteiger charge is -2.07. The zero-order valence-electron chi connectivity index (χ0n) is 11.2. The molecule has 1 amide bonds. The summed E-state index contributed by atoms with van der Waals surface area (Å²) in [5, 5.41) is 2.37. The number of anilines is 1. The highest BCUT2D eigenvalue weighted by Crippen LogP contribution is 2.25. The predicted octanol–water partition coefficient (Wildman–Crippen LogP) is 0.695. The normalized spacial score (nSPS) is 13.8. The molecule has 2 N–H and O–H groups in total. The Morgan fingerprint density at radius 2 is 1.95 bits per heavy atom. The summed E-state index contributed by atoms with van der Waals surface area (Å²) in [4.78, 5) is 26.8. The molecular weight excluding hydrogens is 306 g/mol. The molecule has 22 heavy (non-hydrogen) atoms. The lowest BCUT2D eigenvalue weighted by atomic mass is 10.1. The molecule has 3 rings (SSSR count). The fourth-order valence-corrected chi connectivity index (χ4v) is 3.07. The molecule has 0 atom stereocenters. The lowest BCUT2D eigenvalue weighted by Crippen LogP contribution is -2.23. The molecule has 8 heteroatoms. The van der Waals surface area contributed by atoms with E-state index in [1.54, 1.807) is 24.4 Å². The van der Waals surface area contributed by atoms with Gasteiger partial charge in [-0.05, 0) is 30.3 Å². The molecular formula is C14H11N3O4S. The van der Waals surface area contributed by atoms with Crippen LogP contribution in [0.1, 0.15) is 16.1 Å². The number of pyridine rings is 1. The van der Waals surface area contributed by atoms with Gasteiger partial charge >= 0.3 is 0 Å². The molecule has 1 aliphatic heterocycles. The summed E-state index contributed by atoms with van der Waals surface area (Å²) in [5.41, 5.74) is 0.949. The van der Waals surface area contributed by atoms with Crippen LogP contribution in [0.2, 0.25) is 0 Å². The highest BCUT2D eigenvalue weighted by atomic mass is 32.2. The van der Waals surface area contributed by atoms with Crippen LogP contribution in [0.5, 0.6) is 0 Å². The molecule has 0 bridgehead atoms. The van der Waals surface area contributed by atoms with E-state index in [1.807, 2.05) is 0 Å². The quantitative estimate of drug-likeness (QED) is 0.807. The summed E-state index contributed by atoms with van der Waals surface area (Å²) in [6, 6.07) is 9.09. The fourth-order valence-electron chi connectivity index (χ4n) is 2.04. The first-order valence-corrected chi connectivity index (χ1v) is 7.85. The van der Waals surface area contributed by atoms with Crippen LogP contribution < -0.4 is 10.0 Å². The van der Waals surface area contributed by atoms with E-state index in [1.165, 1.54) is 18.2 Å². The van der Waals surface area contributed by atoms with E-state index in [0.717, 1.165) is 0 Å². The van der Waals surface area contributed by atoms with Crippen molar-refractivity contribution in [1.82, 2.24) is 9.71 Å². The van der Waals surface area contributed by atoms with Crippen LogP contribution in [0.3, 0.4) is 0 Å². The topological polar surface area (TPSA) is 105 Å². The van der Waals surface area contributed by atoms with Crippen molar-refractivity contribution in [2.75, 3.05) is 5.32 Å². The van der Waals surface area contributed by atoms with Gasteiger partial charge in [-0.15, -0.1) is 0 Å². The first kappa shape index (κ1) is 14.4. The third-order valence-electron chi connectivity index (χ3n) is 3.17. The number of Topliss-reactive ketones (excluding diaryl/α,β-unsaturated/α-hetero) is 1. The van der Waals surface area contributed by atoms with E-state index in [2.05, 4.69) is 15.0 Å². The number of aromatic nitrogens is 1. The third-order valence-corrected chi connectivity index (χ3v) is 4.57. The van der Waals surface area contributed by atoms with E-state index >= 15 is 0 Å². The molecule has 0 spiro atoms. The summed E-state index contributed by atoms with van der Waals surface area (Å²) in [6.07, 6.45) is 1.56. The van der Waals surface area contributed by atoms with Gasteiger partial charge in [0.2, 0.25) is 10.0 Å². The SMILES string of the molecule is O=C1Nc2ccc(S(=O)(=O)NCc3ccccn3)cc2C1=O. The molecule has 2 aromatic rings. The minimum Gasteiger partial charge on any atom is -0.318 e. The van der Waals surface area contributed by atoms with Crippen molar-refractivity contribution in [2.24, 2.45) is 0 Å². The third kappa shape index (κ3) is 2.61. The van der Waals surface area contributed by atoms with Gasteiger partial charge in [0.25, 0.3) is 11.7 Å². The molecule has 0 saturated carbocycles. The predicted molar refractivity (Wildman–Crippen MR) is 77.7 cm³/mol. The van der Waals surface area contributed by atoms with E-state index in [9.17, 15) is 18.0 Å². The average Bonchev–Trinajstić information content (AvgIpc) is 2.81. The van der Waals surface area contributed by atoms with Crippen molar-refractivity contribution in [1.29, 1.82) is 0 Å². The number of fused-ring (bicyclic) bond motifs is 1. The van der Waals surface area contributed by atoms with Crippen LogP contribution in [0.25, 0.3) is 0 Å². The van der Waals surface area contributed by atoms with Crippen LogP contribution in [-0.4, -0.2) is 25.1 Å². The number of benzene rings is 1. The molecule has 1 aliphatic rings. The fraction of sp³-hybridized carbons (Fsp3) is 0.0714. The van der Waals surface area contributed by atoms with Gasteiger partial charge in [-0.1, -0.05) is 6.07 Å². The second-order valence-corrected chi connectivity index (χ2v) is 6.40. The Kier molecular flexibility index (Phi) is 3.47. The Morgan fingerprint density at radius 3 is 2.68 bits per heavy atom. The number of sulfonamides is 1. The van der Waals surface area contributed by atoms with Crippen LogP contribution >= 0.6 is 0 Å². The number of nitrogens with one attached hydrogen (secondary N) is 2. The first-order valence-electron chi connectivity index (χ1n) is 6.37. The molecule has 112 valence electrons. The standard InChI is InChI=1S/C14H11N3O4S/c18-13-11-7-10(4-5-12(11)17-14(13)19)22(20,21)16-8-9-3-1-2-6-15-9/h1-7,16H,8H2,(H,17,18,19). The van der Waals surface area contributed by atoms with E-state index in [0.29, 0.717) is 11.4 Å². The van der Waals surface area contributed by atoms with E-state index in [-0.39, 0.29) is 17.0 Å². The Morgan fingerprint density at radius 1 is 1.14 bits per heavy atom. The number of ketones is 1. The Bertz CT molecular complexity index is 863. The molecule has 0 radical (unpaired) electrons. The Hall–Kier alpha value is -2.58. The molecule has 0 unspecified atom stereocenters. The second kappa shape index (κ2) is 5.32. The van der Waals surface area contributed by atoms with Gasteiger partial charge < -0.3 is 5.32 Å². The number of rotatable bonds is 4. The molecule has 2 heterocycles. The van der Waals surface area contributed by atoms with Crippen molar-refractivity contribution < 1.29 is 18.0 Å². The maximum absolute atomic E-state index is 12.2. The largest absolute Gasteiger partial charge is 0.318 e. The summed E-state index contributed by atoms with van der Waals surface area (Å²) in [6.45, 7) is 0.0331. The number of amides is 1. The average molecular weight is 317 g/mol. The van der Waals surface area contributed by atoms with Crippen LogP contribution in [0, 0.1) is 0 Å². The van der Waals surface area contributed by atoms with Crippen molar-refractivity contribution in [3.63, 3.8) is 0 Å². The van der Waals surface area contributed by atoms with Crippen LogP contribution in [-0.2, 0) is 21.4 Å². The highest BCUT2D eigenvalue weighted by molar-refractivity contribution is 7.89. The maximum Gasteiger partial charge on any atom is 0.296 e. The summed E-state index contributed by atoms with van der Waals surface area (Å²) >= 11 is 0. The van der Waals surface area contributed by atoms with Gasteiger partial charge in [0, 0.05) is 6.20 Å². The first-order chi connectivity index (χ1) is 10.5. The highest BCUT2D eigenvalue weighted by Gasteiger charge is 2.29. The number of carbonyl (C=O) groups is 2. The maximum atomic E-state index is 12.2. The van der Waals surface area contributed by atoms with Gasteiger partial charge in [-0.2, -0.15) is 0 Å². The Labute approximate surface area is 126 Å². The second-order valence-electron chi connectivity index (χ2n) is 4.64. The van der Waals surface area contributed by atoms with Crippen LogP contribution in [0.15, 0.2) is 47.5 Å². The van der Waals surface area contributed by atoms with E-state index < -0.39 is 21.7 Å². The summed E-state index contributed by atoms with van der Waals surface area (Å²) < 4.78 is 26.9. The van der Waals surface area contributed by atoms with Gasteiger partial charge in [-0.25, -0.2) is 13.1 Å². The molecule has 0 saturated heterocycles. The molecule has 1 aromatic carbocycles. The molecule has 7 nitrogen and oxygen atoms in total. The summed E-state index contributed by atoms with van der Waals surface area (Å²) in [7, 11) is -3.80. The molecule has 0 aliphatic carbocycles. The van der Waals surface area contributed by atoms with Crippen molar-refractivity contribution in [2.45, 2.75) is 11.4 Å². The zero-order valence-corrected chi connectivity index (χ0v) is 12.1. The monoisotopic (exact) mass is 317 g/mol. The van der Waals surface area contributed by atoms with Crippen molar-refractivity contribution in [3.8, 4) is 0 Å². The lowest BCUT2D eigenvalue weighted by molar-refractivity contribution is -0.112. The van der Waals surface area contributed by atoms with Gasteiger partial charge in [0.1, 0.15) is 0 Å². The van der Waals surface area contributed by atoms with Crippen molar-refractivity contribution >= 4 is 27.4 Å². The zero-order chi connectivity index (χ0) is 15.7. The van der Waals surface area contributed by atoms with Gasteiger partial charge in [0.15, 0.2) is 0 Å².